The lowest BCUT2D eigenvalue weighted by Crippen LogP contribution is -2.41. The van der Waals surface area contributed by atoms with E-state index in [9.17, 15) is 0 Å². The zero-order valence-corrected chi connectivity index (χ0v) is 23.3. The van der Waals surface area contributed by atoms with Crippen LogP contribution in [0.25, 0.3) is 22.0 Å². The number of hydrogen-bond donors (Lipinski definition) is 0. The molecule has 0 aliphatic carbocycles. The quantitative estimate of drug-likeness (QED) is 0.210. The second kappa shape index (κ2) is 10.8. The van der Waals surface area contributed by atoms with Gasteiger partial charge in [-0.3, -0.25) is 0 Å². The van der Waals surface area contributed by atoms with Gasteiger partial charge in [-0.2, -0.15) is 4.57 Å². The second-order valence-corrected chi connectivity index (χ2v) is 10.3. The van der Waals surface area contributed by atoms with Gasteiger partial charge in [0.2, 0.25) is 12.5 Å². The fourth-order valence-corrected chi connectivity index (χ4v) is 6.18. The average molecular weight is 547 g/mol. The number of nitrogens with zero attached hydrogens (tertiary/aromatic N) is 1. The Kier molecular flexibility index (Phi) is 6.69. The Bertz CT molecular complexity index is 1680. The molecule has 2 aliphatic rings. The molecule has 5 aromatic rings. The smallest absolute Gasteiger partial charge is 0.231 e. The number of fused-ring (bicyclic) bond motifs is 5. The lowest BCUT2D eigenvalue weighted by atomic mass is 9.90. The van der Waals surface area contributed by atoms with E-state index in [1.54, 1.807) is 14.2 Å². The monoisotopic (exact) mass is 546 g/mol. The van der Waals surface area contributed by atoms with Gasteiger partial charge in [-0.05, 0) is 41.0 Å². The summed E-state index contributed by atoms with van der Waals surface area (Å²) in [5, 5.41) is 2.15. The molecule has 0 bridgehead atoms. The number of aryl methyl sites for hydroxylation is 2. The molecule has 6 heteroatoms. The maximum Gasteiger partial charge on any atom is 0.231 e. The van der Waals surface area contributed by atoms with E-state index in [-0.39, 0.29) is 12.9 Å². The van der Waals surface area contributed by atoms with Crippen LogP contribution >= 0.6 is 0 Å². The van der Waals surface area contributed by atoms with Gasteiger partial charge in [-0.15, -0.1) is 0 Å². The number of rotatable bonds is 8. The first-order valence-electron chi connectivity index (χ1n) is 14.0. The van der Waals surface area contributed by atoms with Crippen molar-refractivity contribution in [2.75, 3.05) is 27.6 Å². The zero-order chi connectivity index (χ0) is 27.8. The van der Waals surface area contributed by atoms with Gasteiger partial charge < -0.3 is 23.7 Å². The number of hydrogen-bond acceptors (Lipinski definition) is 5. The van der Waals surface area contributed by atoms with Crippen LogP contribution in [0.2, 0.25) is 0 Å². The SMILES string of the molecule is COc1ccc2c(CCOC(c3ccccc3)c3ccccc3)c3[n+](cc2c1OC)CCc1cc2c(cc1-3)OCO2. The molecule has 0 amide bonds. The molecular weight excluding hydrogens is 514 g/mol. The normalized spacial score (nSPS) is 13.2. The summed E-state index contributed by atoms with van der Waals surface area (Å²) in [5.74, 6) is 3.07. The second-order valence-electron chi connectivity index (χ2n) is 10.3. The molecule has 4 aromatic carbocycles. The summed E-state index contributed by atoms with van der Waals surface area (Å²) in [5.41, 5.74) is 7.11. The van der Waals surface area contributed by atoms with Crippen molar-refractivity contribution < 1.29 is 28.3 Å². The van der Waals surface area contributed by atoms with E-state index >= 15 is 0 Å². The molecule has 3 heterocycles. The predicted octanol–water partition coefficient (Wildman–Crippen LogP) is 6.45. The molecule has 0 fully saturated rings. The summed E-state index contributed by atoms with van der Waals surface area (Å²) in [6.45, 7) is 1.64. The highest BCUT2D eigenvalue weighted by Gasteiger charge is 2.32. The van der Waals surface area contributed by atoms with Crippen LogP contribution in [0.15, 0.2) is 91.1 Å². The highest BCUT2D eigenvalue weighted by molar-refractivity contribution is 5.95. The van der Waals surface area contributed by atoms with Gasteiger partial charge in [-0.25, -0.2) is 0 Å². The van der Waals surface area contributed by atoms with E-state index in [1.165, 1.54) is 22.4 Å². The highest BCUT2D eigenvalue weighted by Crippen LogP contribution is 2.44. The number of methoxy groups -OCH3 is 2. The van der Waals surface area contributed by atoms with Gasteiger partial charge in [0.25, 0.3) is 0 Å². The molecule has 1 aromatic heterocycles. The molecule has 206 valence electrons. The van der Waals surface area contributed by atoms with Gasteiger partial charge >= 0.3 is 0 Å². The van der Waals surface area contributed by atoms with Crippen molar-refractivity contribution in [1.82, 2.24) is 0 Å². The Labute approximate surface area is 239 Å². The topological polar surface area (TPSA) is 50.0 Å². The van der Waals surface area contributed by atoms with Crippen molar-refractivity contribution in [1.29, 1.82) is 0 Å². The summed E-state index contributed by atoms with van der Waals surface area (Å²) in [6, 6.07) is 29.2. The molecule has 0 unspecified atom stereocenters. The van der Waals surface area contributed by atoms with Crippen LogP contribution in [-0.2, 0) is 24.1 Å². The largest absolute Gasteiger partial charge is 0.493 e. The first kappa shape index (κ1) is 25.4. The lowest BCUT2D eigenvalue weighted by Gasteiger charge is -2.22. The third-order valence-electron chi connectivity index (χ3n) is 8.08. The molecule has 7 rings (SSSR count). The van der Waals surface area contributed by atoms with Crippen molar-refractivity contribution in [2.45, 2.75) is 25.5 Å². The Morgan fingerprint density at radius 1 is 0.805 bits per heavy atom. The first-order chi connectivity index (χ1) is 20.2. The fraction of sp³-hybridized carbons (Fsp3) is 0.229. The van der Waals surface area contributed by atoms with Crippen LogP contribution in [0.5, 0.6) is 23.0 Å². The van der Waals surface area contributed by atoms with Crippen LogP contribution in [0, 0.1) is 0 Å². The standard InChI is InChI=1S/C35H32NO5/c1-37-30-14-13-26-27(16-18-39-34(23-9-5-3-6-10-23)24-11-7-4-8-12-24)33-28-20-32-31(40-22-41-32)19-25(28)15-17-36(33)21-29(26)35(30)38-2/h3-14,19-21,34H,15-18,22H2,1-2H3/q+1. The highest BCUT2D eigenvalue weighted by atomic mass is 16.7. The molecule has 41 heavy (non-hydrogen) atoms. The van der Waals surface area contributed by atoms with Crippen LogP contribution in [0.1, 0.15) is 28.4 Å². The van der Waals surface area contributed by atoms with Crippen molar-refractivity contribution >= 4 is 10.8 Å². The Morgan fingerprint density at radius 2 is 1.51 bits per heavy atom. The summed E-state index contributed by atoms with van der Waals surface area (Å²) in [7, 11) is 3.38. The minimum Gasteiger partial charge on any atom is -0.493 e. The molecule has 0 spiro atoms. The molecular formula is C35H32NO5+. The molecule has 6 nitrogen and oxygen atoms in total. The number of benzene rings is 4. The number of ether oxygens (including phenoxy) is 5. The van der Waals surface area contributed by atoms with Crippen molar-refractivity contribution in [3.8, 4) is 34.3 Å². The van der Waals surface area contributed by atoms with E-state index in [1.807, 2.05) is 18.2 Å². The lowest BCUT2D eigenvalue weighted by molar-refractivity contribution is -0.686. The van der Waals surface area contributed by atoms with Crippen LogP contribution < -0.4 is 23.5 Å². The van der Waals surface area contributed by atoms with Crippen molar-refractivity contribution in [3.63, 3.8) is 0 Å². The maximum absolute atomic E-state index is 6.71. The van der Waals surface area contributed by atoms with Gasteiger partial charge in [0, 0.05) is 23.8 Å². The third-order valence-corrected chi connectivity index (χ3v) is 8.08. The summed E-state index contributed by atoms with van der Waals surface area (Å²) in [6.07, 6.45) is 3.65. The summed E-state index contributed by atoms with van der Waals surface area (Å²) < 4.78 is 32.1. The van der Waals surface area contributed by atoms with E-state index in [4.69, 9.17) is 23.7 Å². The van der Waals surface area contributed by atoms with Crippen LogP contribution in [0.4, 0.5) is 0 Å². The minimum atomic E-state index is -0.161. The molecule has 0 radical (unpaired) electrons. The number of pyridine rings is 1. The zero-order valence-electron chi connectivity index (χ0n) is 23.3. The molecule has 0 saturated carbocycles. The van der Waals surface area contributed by atoms with Gasteiger partial charge in [0.1, 0.15) is 6.10 Å². The minimum absolute atomic E-state index is 0.161. The first-order valence-corrected chi connectivity index (χ1v) is 14.0. The molecule has 0 N–H and O–H groups in total. The summed E-state index contributed by atoms with van der Waals surface area (Å²) in [4.78, 5) is 0. The van der Waals surface area contributed by atoms with Crippen LogP contribution in [0.3, 0.4) is 0 Å². The Morgan fingerprint density at radius 3 is 2.20 bits per heavy atom. The number of aromatic nitrogens is 1. The van der Waals surface area contributed by atoms with Gasteiger partial charge in [-0.1, -0.05) is 60.7 Å². The van der Waals surface area contributed by atoms with E-state index in [0.29, 0.717) is 13.0 Å². The van der Waals surface area contributed by atoms with Crippen molar-refractivity contribution in [2.24, 2.45) is 0 Å². The van der Waals surface area contributed by atoms with E-state index < -0.39 is 0 Å². The van der Waals surface area contributed by atoms with Crippen molar-refractivity contribution in [3.05, 3.63) is 113 Å². The van der Waals surface area contributed by atoms with Gasteiger partial charge in [0.05, 0.1) is 31.8 Å². The Hall–Kier alpha value is -4.55. The molecule has 2 aliphatic heterocycles. The van der Waals surface area contributed by atoms with E-state index in [0.717, 1.165) is 57.9 Å². The van der Waals surface area contributed by atoms with Gasteiger partial charge in [0.15, 0.2) is 35.7 Å². The predicted molar refractivity (Wildman–Crippen MR) is 157 cm³/mol. The maximum atomic E-state index is 6.71. The fourth-order valence-electron chi connectivity index (χ4n) is 6.18. The van der Waals surface area contributed by atoms with E-state index in [2.05, 4.69) is 77.5 Å². The molecule has 0 saturated heterocycles. The molecule has 0 atom stereocenters. The third kappa shape index (κ3) is 4.54. The Balaban J connectivity index is 1.33. The summed E-state index contributed by atoms with van der Waals surface area (Å²) >= 11 is 0. The van der Waals surface area contributed by atoms with Crippen LogP contribution in [-0.4, -0.2) is 27.6 Å². The average Bonchev–Trinajstić information content (AvgIpc) is 3.49.